The molecule has 0 aromatic heterocycles. The van der Waals surface area contributed by atoms with Crippen LogP contribution < -0.4 is 5.14 Å². The molecule has 0 heterocycles. The van der Waals surface area contributed by atoms with E-state index in [1.165, 1.54) is 0 Å². The summed E-state index contributed by atoms with van der Waals surface area (Å²) in [5.41, 5.74) is 1.75. The standard InChI is InChI=1S/C10H10Cl2N2S/c1-7(14-10(12)15-13)6-8-2-4-9(11)5-3-8/h2-5H,1,6,13H2/b14-10-. The predicted octanol–water partition coefficient (Wildman–Crippen LogP) is 3.60. The monoisotopic (exact) mass is 260 g/mol. The van der Waals surface area contributed by atoms with Crippen LogP contribution in [0.15, 0.2) is 41.5 Å². The van der Waals surface area contributed by atoms with Gasteiger partial charge in [0.15, 0.2) is 4.50 Å². The second-order valence-electron chi connectivity index (χ2n) is 2.85. The van der Waals surface area contributed by atoms with Gasteiger partial charge in [-0.05, 0) is 29.6 Å². The van der Waals surface area contributed by atoms with Gasteiger partial charge in [0.1, 0.15) is 0 Å². The van der Waals surface area contributed by atoms with Crippen molar-refractivity contribution in [2.45, 2.75) is 6.42 Å². The molecule has 0 bridgehead atoms. The number of hydrogen-bond acceptors (Lipinski definition) is 3. The van der Waals surface area contributed by atoms with E-state index >= 15 is 0 Å². The van der Waals surface area contributed by atoms with Gasteiger partial charge < -0.3 is 0 Å². The van der Waals surface area contributed by atoms with Gasteiger partial charge in [0.05, 0.1) is 0 Å². The van der Waals surface area contributed by atoms with E-state index < -0.39 is 0 Å². The van der Waals surface area contributed by atoms with Crippen molar-refractivity contribution in [2.24, 2.45) is 10.1 Å². The maximum Gasteiger partial charge on any atom is 0.177 e. The van der Waals surface area contributed by atoms with E-state index in [0.717, 1.165) is 17.5 Å². The van der Waals surface area contributed by atoms with Crippen molar-refractivity contribution in [3.63, 3.8) is 0 Å². The second-order valence-corrected chi connectivity index (χ2v) is 4.49. The molecule has 0 amide bonds. The van der Waals surface area contributed by atoms with Crippen molar-refractivity contribution in [1.29, 1.82) is 0 Å². The molecular weight excluding hydrogens is 251 g/mol. The first-order chi connectivity index (χ1) is 7.11. The SMILES string of the molecule is C=C(Cc1ccc(Cl)cc1)/N=C(/Cl)SN. The lowest BCUT2D eigenvalue weighted by Crippen LogP contribution is -1.91. The Hall–Kier alpha value is -0.480. The van der Waals surface area contributed by atoms with Crippen LogP contribution >= 0.6 is 35.1 Å². The van der Waals surface area contributed by atoms with Gasteiger partial charge in [-0.2, -0.15) is 0 Å². The van der Waals surface area contributed by atoms with Crippen LogP contribution in [0.1, 0.15) is 5.56 Å². The van der Waals surface area contributed by atoms with Gasteiger partial charge in [-0.1, -0.05) is 41.9 Å². The number of allylic oxidation sites excluding steroid dienone is 1. The molecule has 0 radical (unpaired) electrons. The molecule has 2 nitrogen and oxygen atoms in total. The lowest BCUT2D eigenvalue weighted by atomic mass is 10.1. The zero-order valence-electron chi connectivity index (χ0n) is 7.91. The van der Waals surface area contributed by atoms with Crippen molar-refractivity contribution in [3.05, 3.63) is 47.1 Å². The third kappa shape index (κ3) is 4.71. The van der Waals surface area contributed by atoms with Crippen LogP contribution in [0.3, 0.4) is 0 Å². The van der Waals surface area contributed by atoms with E-state index in [4.69, 9.17) is 28.3 Å². The minimum Gasteiger partial charge on any atom is -0.272 e. The molecule has 0 aliphatic heterocycles. The van der Waals surface area contributed by atoms with Crippen LogP contribution in [0.25, 0.3) is 0 Å². The number of nitrogens with two attached hydrogens (primary N) is 1. The molecule has 1 rings (SSSR count). The van der Waals surface area contributed by atoms with Crippen molar-refractivity contribution in [2.75, 3.05) is 0 Å². The summed E-state index contributed by atoms with van der Waals surface area (Å²) < 4.78 is 0.286. The van der Waals surface area contributed by atoms with Crippen molar-refractivity contribution >= 4 is 39.7 Å². The Morgan fingerprint density at radius 1 is 1.40 bits per heavy atom. The van der Waals surface area contributed by atoms with E-state index in [-0.39, 0.29) is 4.50 Å². The molecule has 0 spiro atoms. The highest BCUT2D eigenvalue weighted by atomic mass is 35.5. The molecule has 0 fully saturated rings. The van der Waals surface area contributed by atoms with Gasteiger partial charge >= 0.3 is 0 Å². The van der Waals surface area contributed by atoms with Gasteiger partial charge in [-0.15, -0.1) is 0 Å². The Morgan fingerprint density at radius 3 is 2.53 bits per heavy atom. The van der Waals surface area contributed by atoms with Crippen LogP contribution in [0, 0.1) is 0 Å². The number of benzene rings is 1. The first-order valence-electron chi connectivity index (χ1n) is 4.15. The molecule has 0 aliphatic rings. The third-order valence-corrected chi connectivity index (χ3v) is 2.55. The topological polar surface area (TPSA) is 38.4 Å². The zero-order chi connectivity index (χ0) is 11.3. The van der Waals surface area contributed by atoms with Crippen LogP contribution in [0.2, 0.25) is 5.02 Å². The van der Waals surface area contributed by atoms with Gasteiger partial charge in [0, 0.05) is 17.1 Å². The number of aliphatic imine (C=N–C) groups is 1. The van der Waals surface area contributed by atoms with Crippen LogP contribution in [-0.2, 0) is 6.42 Å². The summed E-state index contributed by atoms with van der Waals surface area (Å²) in [6.07, 6.45) is 0.633. The van der Waals surface area contributed by atoms with Crippen LogP contribution in [0.4, 0.5) is 0 Å². The summed E-state index contributed by atoms with van der Waals surface area (Å²) in [6.45, 7) is 3.79. The molecule has 1 aromatic carbocycles. The highest BCUT2D eigenvalue weighted by molar-refractivity contribution is 8.14. The zero-order valence-corrected chi connectivity index (χ0v) is 10.2. The lowest BCUT2D eigenvalue weighted by molar-refractivity contribution is 1.13. The lowest BCUT2D eigenvalue weighted by Gasteiger charge is -2.01. The Bertz CT molecular complexity index is 374. The molecular formula is C10H10Cl2N2S. The van der Waals surface area contributed by atoms with Crippen LogP contribution in [0.5, 0.6) is 0 Å². The largest absolute Gasteiger partial charge is 0.272 e. The van der Waals surface area contributed by atoms with Gasteiger partial charge in [0.25, 0.3) is 0 Å². The molecule has 80 valence electrons. The third-order valence-electron chi connectivity index (χ3n) is 1.66. The van der Waals surface area contributed by atoms with E-state index in [9.17, 15) is 0 Å². The summed E-state index contributed by atoms with van der Waals surface area (Å²) in [6, 6.07) is 7.50. The number of nitrogens with zero attached hydrogens (tertiary/aromatic N) is 1. The normalized spacial score (nSPS) is 11.5. The molecule has 5 heteroatoms. The summed E-state index contributed by atoms with van der Waals surface area (Å²) >= 11 is 12.3. The van der Waals surface area contributed by atoms with Gasteiger partial charge in [0.2, 0.25) is 0 Å². The summed E-state index contributed by atoms with van der Waals surface area (Å²) in [4.78, 5) is 4.01. The smallest absolute Gasteiger partial charge is 0.177 e. The molecule has 0 unspecified atom stereocenters. The summed E-state index contributed by atoms with van der Waals surface area (Å²) in [5, 5.41) is 5.94. The van der Waals surface area contributed by atoms with Gasteiger partial charge in [-0.25, -0.2) is 4.99 Å². The highest BCUT2D eigenvalue weighted by Gasteiger charge is 1.98. The average molecular weight is 261 g/mol. The minimum absolute atomic E-state index is 0.286. The van der Waals surface area contributed by atoms with Crippen molar-refractivity contribution < 1.29 is 0 Å². The second kappa shape index (κ2) is 6.18. The molecule has 0 saturated heterocycles. The minimum atomic E-state index is 0.286. The van der Waals surface area contributed by atoms with E-state index in [1.54, 1.807) is 0 Å². The first-order valence-corrected chi connectivity index (χ1v) is 5.78. The Balaban J connectivity index is 2.63. The number of hydrogen-bond donors (Lipinski definition) is 1. The molecule has 15 heavy (non-hydrogen) atoms. The van der Waals surface area contributed by atoms with Crippen molar-refractivity contribution in [1.82, 2.24) is 0 Å². The summed E-state index contributed by atoms with van der Waals surface area (Å²) in [7, 11) is 0. The quantitative estimate of drug-likeness (QED) is 0.513. The maximum atomic E-state index is 5.76. The Labute approximate surface area is 103 Å². The molecule has 0 atom stereocenters. The fourth-order valence-corrected chi connectivity index (χ4v) is 1.46. The van der Waals surface area contributed by atoms with Crippen LogP contribution in [-0.4, -0.2) is 4.50 Å². The molecule has 0 saturated carbocycles. The van der Waals surface area contributed by atoms with Gasteiger partial charge in [-0.3, -0.25) is 5.14 Å². The van der Waals surface area contributed by atoms with E-state index in [0.29, 0.717) is 17.1 Å². The maximum absolute atomic E-state index is 5.76. The Kier molecular flexibility index (Phi) is 5.19. The number of halogens is 2. The fraction of sp³-hybridized carbons (Fsp3) is 0.100. The number of rotatable bonds is 3. The first kappa shape index (κ1) is 12.6. The highest BCUT2D eigenvalue weighted by Crippen LogP contribution is 2.14. The van der Waals surface area contributed by atoms with E-state index in [1.807, 2.05) is 24.3 Å². The van der Waals surface area contributed by atoms with E-state index in [2.05, 4.69) is 11.6 Å². The van der Waals surface area contributed by atoms with Crippen molar-refractivity contribution in [3.8, 4) is 0 Å². The fourth-order valence-electron chi connectivity index (χ4n) is 1.03. The average Bonchev–Trinajstić information content (AvgIpc) is 2.21. The summed E-state index contributed by atoms with van der Waals surface area (Å²) in [5.74, 6) is 0. The molecule has 1 aromatic rings. The molecule has 0 aliphatic carbocycles. The predicted molar refractivity (Wildman–Crippen MR) is 69.4 cm³/mol. The molecule has 2 N–H and O–H groups in total. The Morgan fingerprint density at radius 2 is 2.00 bits per heavy atom.